The number of carbonyl (C=O) groups is 1. The zero-order valence-corrected chi connectivity index (χ0v) is 16.8. The molecule has 0 aliphatic heterocycles. The van der Waals surface area contributed by atoms with E-state index in [0.29, 0.717) is 19.0 Å². The van der Waals surface area contributed by atoms with Gasteiger partial charge >= 0.3 is 6.18 Å². The number of hydrogen-bond acceptors (Lipinski definition) is 5. The molecule has 0 unspecified atom stereocenters. The second-order valence-electron chi connectivity index (χ2n) is 6.88. The van der Waals surface area contributed by atoms with Crippen LogP contribution in [0.3, 0.4) is 0 Å². The number of nitro benzene ring substituents is 1. The Morgan fingerprint density at radius 1 is 1.12 bits per heavy atom. The Balaban J connectivity index is 1.44. The number of anilines is 1. The van der Waals surface area contributed by atoms with Crippen LogP contribution in [0.2, 0.25) is 0 Å². The van der Waals surface area contributed by atoms with Gasteiger partial charge in [0.15, 0.2) is 0 Å². The van der Waals surface area contributed by atoms with E-state index in [-0.39, 0.29) is 24.6 Å². The van der Waals surface area contributed by atoms with Gasteiger partial charge in [-0.05, 0) is 42.3 Å². The lowest BCUT2D eigenvalue weighted by Gasteiger charge is -2.11. The zero-order chi connectivity index (χ0) is 23.1. The van der Waals surface area contributed by atoms with Crippen molar-refractivity contribution in [1.82, 2.24) is 15.1 Å². The Labute approximate surface area is 181 Å². The summed E-state index contributed by atoms with van der Waals surface area (Å²) in [6.45, 7) is 0.441. The van der Waals surface area contributed by atoms with Crippen LogP contribution in [0.25, 0.3) is 5.69 Å². The summed E-state index contributed by atoms with van der Waals surface area (Å²) in [6, 6.07) is 11.8. The molecule has 0 spiro atoms. The van der Waals surface area contributed by atoms with Crippen LogP contribution in [0.15, 0.2) is 60.9 Å². The summed E-state index contributed by atoms with van der Waals surface area (Å²) in [5.74, 6) is -0.278. The van der Waals surface area contributed by atoms with Crippen LogP contribution in [-0.4, -0.2) is 33.7 Å². The highest BCUT2D eigenvalue weighted by atomic mass is 19.4. The van der Waals surface area contributed by atoms with Crippen LogP contribution in [0.1, 0.15) is 17.5 Å². The number of nitrogens with one attached hydrogen (secondary N) is 2. The van der Waals surface area contributed by atoms with Crippen LogP contribution in [-0.2, 0) is 17.4 Å². The maximum Gasteiger partial charge on any atom is 0.416 e. The highest BCUT2D eigenvalue weighted by molar-refractivity contribution is 5.76. The van der Waals surface area contributed by atoms with Crippen molar-refractivity contribution in [2.45, 2.75) is 19.0 Å². The Bertz CT molecular complexity index is 1070. The molecule has 32 heavy (non-hydrogen) atoms. The minimum atomic E-state index is -4.68. The molecule has 0 aliphatic carbocycles. The smallest absolute Gasteiger partial charge is 0.379 e. The normalized spacial score (nSPS) is 11.2. The molecule has 2 N–H and O–H groups in total. The van der Waals surface area contributed by atoms with Gasteiger partial charge < -0.3 is 10.6 Å². The first-order valence-corrected chi connectivity index (χ1v) is 9.69. The van der Waals surface area contributed by atoms with E-state index in [0.717, 1.165) is 23.4 Å². The van der Waals surface area contributed by atoms with Crippen LogP contribution < -0.4 is 10.6 Å². The van der Waals surface area contributed by atoms with Crippen LogP contribution in [0, 0.1) is 10.1 Å². The van der Waals surface area contributed by atoms with Crippen LogP contribution in [0.4, 0.5) is 24.5 Å². The third kappa shape index (κ3) is 6.06. The molecule has 0 atom stereocenters. The Kier molecular flexibility index (Phi) is 7.08. The average Bonchev–Trinajstić information content (AvgIpc) is 3.28. The van der Waals surface area contributed by atoms with E-state index in [2.05, 4.69) is 15.7 Å². The second kappa shape index (κ2) is 9.94. The van der Waals surface area contributed by atoms with Crippen molar-refractivity contribution in [3.05, 3.63) is 82.2 Å². The Morgan fingerprint density at radius 3 is 2.50 bits per heavy atom. The number of benzene rings is 2. The highest BCUT2D eigenvalue weighted by Gasteiger charge is 2.33. The fraction of sp³-hybridized carbons (Fsp3) is 0.238. The van der Waals surface area contributed by atoms with Crippen molar-refractivity contribution in [2.24, 2.45) is 0 Å². The molecule has 0 saturated heterocycles. The predicted molar refractivity (Wildman–Crippen MR) is 111 cm³/mol. The van der Waals surface area contributed by atoms with Gasteiger partial charge in [-0.2, -0.15) is 18.3 Å². The molecule has 168 valence electrons. The molecule has 3 rings (SSSR count). The maximum absolute atomic E-state index is 12.7. The average molecular weight is 447 g/mol. The number of alkyl halides is 3. The number of hydrogen-bond donors (Lipinski definition) is 2. The van der Waals surface area contributed by atoms with Gasteiger partial charge in [-0.25, -0.2) is 4.68 Å². The fourth-order valence-corrected chi connectivity index (χ4v) is 2.99. The molecule has 0 radical (unpaired) electrons. The van der Waals surface area contributed by atoms with Gasteiger partial charge in [-0.3, -0.25) is 14.9 Å². The minimum absolute atomic E-state index is 0.0103. The molecule has 2 aromatic carbocycles. The summed E-state index contributed by atoms with van der Waals surface area (Å²) in [7, 11) is 0. The number of amides is 1. The number of carbonyl (C=O) groups excluding carboxylic acids is 1. The van der Waals surface area contributed by atoms with E-state index in [1.807, 2.05) is 36.5 Å². The first-order chi connectivity index (χ1) is 15.2. The molecular weight excluding hydrogens is 427 g/mol. The van der Waals surface area contributed by atoms with Crippen molar-refractivity contribution in [1.29, 1.82) is 0 Å². The molecule has 0 aliphatic rings. The lowest BCUT2D eigenvalue weighted by molar-refractivity contribution is -0.384. The van der Waals surface area contributed by atoms with Crippen LogP contribution in [0.5, 0.6) is 0 Å². The number of nitro groups is 1. The van der Waals surface area contributed by atoms with E-state index in [1.165, 1.54) is 0 Å². The van der Waals surface area contributed by atoms with Crippen molar-refractivity contribution < 1.29 is 22.9 Å². The van der Waals surface area contributed by atoms with Gasteiger partial charge in [0.1, 0.15) is 5.69 Å². The molecule has 3 aromatic rings. The molecule has 1 aromatic heterocycles. The fourth-order valence-electron chi connectivity index (χ4n) is 2.99. The number of rotatable bonds is 9. The maximum atomic E-state index is 12.7. The van der Waals surface area contributed by atoms with E-state index < -0.39 is 22.4 Å². The molecule has 8 nitrogen and oxygen atoms in total. The third-order valence-corrected chi connectivity index (χ3v) is 4.63. The molecule has 1 heterocycles. The van der Waals surface area contributed by atoms with E-state index in [4.69, 9.17) is 0 Å². The molecule has 0 fully saturated rings. The molecular formula is C21H20F3N5O3. The molecule has 0 saturated carbocycles. The van der Waals surface area contributed by atoms with Gasteiger partial charge in [0.05, 0.1) is 16.2 Å². The molecule has 11 heteroatoms. The zero-order valence-electron chi connectivity index (χ0n) is 16.8. The summed E-state index contributed by atoms with van der Waals surface area (Å²) in [5, 5.41) is 20.6. The molecule has 1 amide bonds. The second-order valence-corrected chi connectivity index (χ2v) is 6.88. The van der Waals surface area contributed by atoms with E-state index in [1.54, 1.807) is 10.9 Å². The minimum Gasteiger partial charge on any atom is -0.379 e. The largest absolute Gasteiger partial charge is 0.416 e. The Morgan fingerprint density at radius 2 is 1.88 bits per heavy atom. The first-order valence-electron chi connectivity index (χ1n) is 9.69. The number of aromatic nitrogens is 2. The number of halogens is 3. The van der Waals surface area contributed by atoms with Gasteiger partial charge in [0.2, 0.25) is 5.91 Å². The summed E-state index contributed by atoms with van der Waals surface area (Å²) >= 11 is 0. The van der Waals surface area contributed by atoms with E-state index in [9.17, 15) is 28.1 Å². The quantitative estimate of drug-likeness (QED) is 0.382. The van der Waals surface area contributed by atoms with Crippen LogP contribution >= 0.6 is 0 Å². The first kappa shape index (κ1) is 22.8. The van der Waals surface area contributed by atoms with Gasteiger partial charge in [0, 0.05) is 38.0 Å². The summed E-state index contributed by atoms with van der Waals surface area (Å²) in [6.07, 6.45) is -0.529. The topological polar surface area (TPSA) is 102 Å². The van der Waals surface area contributed by atoms with Gasteiger partial charge in [-0.1, -0.05) is 12.1 Å². The number of nitrogens with zero attached hydrogens (tertiary/aromatic N) is 3. The van der Waals surface area contributed by atoms with Crippen molar-refractivity contribution in [3.63, 3.8) is 0 Å². The summed E-state index contributed by atoms with van der Waals surface area (Å²) in [5.41, 5.74) is 0.0722. The molecule has 0 bridgehead atoms. The highest BCUT2D eigenvalue weighted by Crippen LogP contribution is 2.34. The monoisotopic (exact) mass is 447 g/mol. The summed E-state index contributed by atoms with van der Waals surface area (Å²) < 4.78 is 40.0. The van der Waals surface area contributed by atoms with Crippen molar-refractivity contribution >= 4 is 17.3 Å². The lowest BCUT2D eigenvalue weighted by atomic mass is 10.1. The van der Waals surface area contributed by atoms with Gasteiger partial charge in [-0.15, -0.1) is 0 Å². The summed E-state index contributed by atoms with van der Waals surface area (Å²) in [4.78, 5) is 22.2. The van der Waals surface area contributed by atoms with Crippen molar-refractivity contribution in [2.75, 3.05) is 18.4 Å². The Hall–Kier alpha value is -3.89. The van der Waals surface area contributed by atoms with Gasteiger partial charge in [0.25, 0.3) is 5.69 Å². The third-order valence-electron chi connectivity index (χ3n) is 4.63. The van der Waals surface area contributed by atoms with E-state index >= 15 is 0 Å². The SMILES string of the molecule is O=C(CCNc1ccc(C(F)(F)F)cc1[N+](=O)[O-])NCCc1ccc(-n2cccn2)cc1. The predicted octanol–water partition coefficient (Wildman–Crippen LogP) is 3.96. The lowest BCUT2D eigenvalue weighted by Crippen LogP contribution is -2.27. The van der Waals surface area contributed by atoms with Crippen molar-refractivity contribution in [3.8, 4) is 5.69 Å². The standard InChI is InChI=1S/C21H20F3N5O3/c22-21(23,24)16-4-7-18(19(14-16)29(31)32)25-12-9-20(30)26-11-8-15-2-5-17(6-3-15)28-13-1-10-27-28/h1-7,10,13-14,25H,8-9,11-12H2,(H,26,30).